The summed E-state index contributed by atoms with van der Waals surface area (Å²) in [6, 6.07) is 0.796. The van der Waals surface area contributed by atoms with Crippen molar-refractivity contribution >= 4 is 0 Å². The van der Waals surface area contributed by atoms with Gasteiger partial charge in [0, 0.05) is 12.6 Å². The molecule has 0 aromatic carbocycles. The molecule has 2 nitrogen and oxygen atoms in total. The molecule has 1 aliphatic heterocycles. The third kappa shape index (κ3) is 3.45. The third-order valence-electron chi connectivity index (χ3n) is 4.99. The maximum absolute atomic E-state index is 3.67. The smallest absolute Gasteiger partial charge is 0.00914 e. The number of piperidine rings is 1. The quantitative estimate of drug-likeness (QED) is 0.765. The second kappa shape index (κ2) is 6.19. The molecule has 1 heterocycles. The molecule has 0 aromatic heterocycles. The maximum Gasteiger partial charge on any atom is 0.00914 e. The first-order valence-corrected chi connectivity index (χ1v) is 7.74. The van der Waals surface area contributed by atoms with Gasteiger partial charge in [0.2, 0.25) is 0 Å². The Morgan fingerprint density at radius 3 is 2.35 bits per heavy atom. The molecular formula is C15H30N2. The van der Waals surface area contributed by atoms with Crippen LogP contribution < -0.4 is 5.32 Å². The van der Waals surface area contributed by atoms with Crippen LogP contribution >= 0.6 is 0 Å². The van der Waals surface area contributed by atoms with Gasteiger partial charge in [-0.3, -0.25) is 0 Å². The summed E-state index contributed by atoms with van der Waals surface area (Å²) >= 11 is 0. The van der Waals surface area contributed by atoms with Crippen molar-refractivity contribution < 1.29 is 0 Å². The van der Waals surface area contributed by atoms with Gasteiger partial charge in [-0.1, -0.05) is 20.3 Å². The van der Waals surface area contributed by atoms with E-state index in [-0.39, 0.29) is 0 Å². The lowest BCUT2D eigenvalue weighted by atomic mass is 9.66. The Bertz CT molecular complexity index is 209. The van der Waals surface area contributed by atoms with Gasteiger partial charge in [0.15, 0.2) is 0 Å². The second-order valence-corrected chi connectivity index (χ2v) is 6.21. The Balaban J connectivity index is 1.68. The van der Waals surface area contributed by atoms with Crippen molar-refractivity contribution in [2.75, 3.05) is 26.2 Å². The summed E-state index contributed by atoms with van der Waals surface area (Å²) in [5.41, 5.74) is 0.712. The van der Waals surface area contributed by atoms with Crippen LogP contribution in [0, 0.1) is 5.41 Å². The molecule has 0 aromatic rings. The fourth-order valence-electron chi connectivity index (χ4n) is 3.42. The van der Waals surface area contributed by atoms with Crippen LogP contribution in [0.4, 0.5) is 0 Å². The van der Waals surface area contributed by atoms with Crippen LogP contribution in [-0.4, -0.2) is 37.1 Å². The van der Waals surface area contributed by atoms with Crippen LogP contribution in [0.1, 0.15) is 58.8 Å². The Hall–Kier alpha value is -0.0800. The zero-order valence-corrected chi connectivity index (χ0v) is 11.8. The minimum atomic E-state index is 0.712. The molecule has 2 fully saturated rings. The number of likely N-dealkylation sites (tertiary alicyclic amines) is 1. The van der Waals surface area contributed by atoms with Gasteiger partial charge in [-0.25, -0.2) is 0 Å². The van der Waals surface area contributed by atoms with E-state index in [4.69, 9.17) is 0 Å². The van der Waals surface area contributed by atoms with Gasteiger partial charge in [0.1, 0.15) is 0 Å². The van der Waals surface area contributed by atoms with Gasteiger partial charge in [0.25, 0.3) is 0 Å². The van der Waals surface area contributed by atoms with Crippen molar-refractivity contribution in [2.45, 2.75) is 64.8 Å². The first kappa shape index (κ1) is 13.4. The molecule has 0 unspecified atom stereocenters. The van der Waals surface area contributed by atoms with Crippen LogP contribution in [-0.2, 0) is 0 Å². The van der Waals surface area contributed by atoms with Gasteiger partial charge >= 0.3 is 0 Å². The molecule has 0 spiro atoms. The SMILES string of the molecule is CCCNC1CCN(CC2(CC)CCC2)CC1. The summed E-state index contributed by atoms with van der Waals surface area (Å²) in [7, 11) is 0. The average molecular weight is 238 g/mol. The van der Waals surface area contributed by atoms with Gasteiger partial charge in [-0.05, 0) is 63.6 Å². The van der Waals surface area contributed by atoms with E-state index in [1.807, 2.05) is 0 Å². The Kier molecular flexibility index (Phi) is 4.87. The summed E-state index contributed by atoms with van der Waals surface area (Å²) in [6.45, 7) is 9.86. The normalized spacial score (nSPS) is 25.8. The molecule has 1 saturated carbocycles. The van der Waals surface area contributed by atoms with E-state index in [1.165, 1.54) is 71.1 Å². The van der Waals surface area contributed by atoms with Crippen molar-refractivity contribution in [3.63, 3.8) is 0 Å². The Labute approximate surface area is 107 Å². The molecular weight excluding hydrogens is 208 g/mol. The van der Waals surface area contributed by atoms with Crippen LogP contribution in [0.3, 0.4) is 0 Å². The zero-order valence-electron chi connectivity index (χ0n) is 11.8. The highest BCUT2D eigenvalue weighted by Crippen LogP contribution is 2.44. The summed E-state index contributed by atoms with van der Waals surface area (Å²) in [4.78, 5) is 2.73. The molecule has 0 atom stereocenters. The number of rotatable bonds is 6. The van der Waals surface area contributed by atoms with Crippen molar-refractivity contribution in [1.29, 1.82) is 0 Å². The highest BCUT2D eigenvalue weighted by molar-refractivity contribution is 4.90. The van der Waals surface area contributed by atoms with E-state index in [0.29, 0.717) is 5.41 Å². The summed E-state index contributed by atoms with van der Waals surface area (Å²) < 4.78 is 0. The molecule has 2 rings (SSSR count). The molecule has 2 heteroatoms. The lowest BCUT2D eigenvalue weighted by Gasteiger charge is -2.46. The van der Waals surface area contributed by atoms with Crippen LogP contribution in [0.25, 0.3) is 0 Å². The summed E-state index contributed by atoms with van der Waals surface area (Å²) in [5, 5.41) is 3.67. The van der Waals surface area contributed by atoms with Crippen molar-refractivity contribution in [3.05, 3.63) is 0 Å². The van der Waals surface area contributed by atoms with Crippen LogP contribution in [0.2, 0.25) is 0 Å². The van der Waals surface area contributed by atoms with Crippen LogP contribution in [0.5, 0.6) is 0 Å². The molecule has 0 bridgehead atoms. The molecule has 0 radical (unpaired) electrons. The molecule has 1 saturated heterocycles. The number of hydrogen-bond donors (Lipinski definition) is 1. The van der Waals surface area contributed by atoms with Gasteiger partial charge < -0.3 is 10.2 Å². The molecule has 0 amide bonds. The predicted octanol–water partition coefficient (Wildman–Crippen LogP) is 3.03. The summed E-state index contributed by atoms with van der Waals surface area (Å²) in [5.74, 6) is 0. The highest BCUT2D eigenvalue weighted by Gasteiger charge is 2.37. The van der Waals surface area contributed by atoms with E-state index in [0.717, 1.165) is 6.04 Å². The number of nitrogens with zero attached hydrogens (tertiary/aromatic N) is 1. The second-order valence-electron chi connectivity index (χ2n) is 6.21. The molecule has 100 valence electrons. The molecule has 1 N–H and O–H groups in total. The molecule has 2 aliphatic rings. The number of hydrogen-bond acceptors (Lipinski definition) is 2. The fourth-order valence-corrected chi connectivity index (χ4v) is 3.42. The lowest BCUT2D eigenvalue weighted by Crippen LogP contribution is -2.48. The largest absolute Gasteiger partial charge is 0.314 e. The minimum absolute atomic E-state index is 0.712. The molecule has 1 aliphatic carbocycles. The topological polar surface area (TPSA) is 15.3 Å². The maximum atomic E-state index is 3.67. The standard InChI is InChI=1S/C15H30N2/c1-3-10-16-14-6-11-17(12-7-14)13-15(4-2)8-5-9-15/h14,16H,3-13H2,1-2H3. The van der Waals surface area contributed by atoms with E-state index < -0.39 is 0 Å². The first-order valence-electron chi connectivity index (χ1n) is 7.74. The van der Waals surface area contributed by atoms with Crippen molar-refractivity contribution in [3.8, 4) is 0 Å². The van der Waals surface area contributed by atoms with Gasteiger partial charge in [0.05, 0.1) is 0 Å². The predicted molar refractivity (Wildman–Crippen MR) is 74.3 cm³/mol. The summed E-state index contributed by atoms with van der Waals surface area (Å²) in [6.07, 6.45) is 9.82. The third-order valence-corrected chi connectivity index (χ3v) is 4.99. The zero-order chi connectivity index (χ0) is 12.1. The molecule has 17 heavy (non-hydrogen) atoms. The lowest BCUT2D eigenvalue weighted by molar-refractivity contribution is 0.0485. The fraction of sp³-hybridized carbons (Fsp3) is 1.00. The van der Waals surface area contributed by atoms with E-state index in [9.17, 15) is 0 Å². The van der Waals surface area contributed by atoms with Crippen molar-refractivity contribution in [2.24, 2.45) is 5.41 Å². The Morgan fingerprint density at radius 2 is 1.88 bits per heavy atom. The highest BCUT2D eigenvalue weighted by atomic mass is 15.1. The minimum Gasteiger partial charge on any atom is -0.314 e. The first-order chi connectivity index (χ1) is 8.28. The van der Waals surface area contributed by atoms with E-state index >= 15 is 0 Å². The Morgan fingerprint density at radius 1 is 1.18 bits per heavy atom. The van der Waals surface area contributed by atoms with E-state index in [1.54, 1.807) is 0 Å². The monoisotopic (exact) mass is 238 g/mol. The number of nitrogens with one attached hydrogen (secondary N) is 1. The van der Waals surface area contributed by atoms with Gasteiger partial charge in [-0.15, -0.1) is 0 Å². The van der Waals surface area contributed by atoms with Gasteiger partial charge in [-0.2, -0.15) is 0 Å². The van der Waals surface area contributed by atoms with Crippen LogP contribution in [0.15, 0.2) is 0 Å². The average Bonchev–Trinajstić information content (AvgIpc) is 2.33. The van der Waals surface area contributed by atoms with E-state index in [2.05, 4.69) is 24.1 Å². The van der Waals surface area contributed by atoms with Crippen molar-refractivity contribution in [1.82, 2.24) is 10.2 Å².